The molecule has 1 aliphatic heterocycles. The molecule has 17 heavy (non-hydrogen) atoms. The van der Waals surface area contributed by atoms with Crippen molar-refractivity contribution in [2.24, 2.45) is 0 Å². The largest absolute Gasteiger partial charge is 0.464 e. The number of benzene rings is 1. The van der Waals surface area contributed by atoms with Crippen LogP contribution in [0.3, 0.4) is 0 Å². The molecule has 0 spiro atoms. The molecule has 0 unspecified atom stereocenters. The first-order valence-electron chi connectivity index (χ1n) is 5.34. The maximum atomic E-state index is 11.9. The lowest BCUT2D eigenvalue weighted by Crippen LogP contribution is -2.55. The Morgan fingerprint density at radius 3 is 2.88 bits per heavy atom. The van der Waals surface area contributed by atoms with E-state index < -0.39 is 17.5 Å². The Kier molecular flexibility index (Phi) is 2.75. The molecule has 1 N–H and O–H groups in total. The zero-order valence-corrected chi connectivity index (χ0v) is 9.65. The summed E-state index contributed by atoms with van der Waals surface area (Å²) in [6, 6.07) is 6.93. The quantitative estimate of drug-likeness (QED) is 0.620. The molecule has 1 atom stereocenters. The molecule has 0 saturated heterocycles. The third-order valence-corrected chi connectivity index (χ3v) is 2.55. The first-order chi connectivity index (χ1) is 8.08. The number of fused-ring (bicyclic) bond motifs is 1. The maximum Gasteiger partial charge on any atom is 0.360 e. The fraction of sp³-hybridized carbons (Fsp3) is 0.333. The normalized spacial score (nSPS) is 22.1. The second-order valence-corrected chi connectivity index (χ2v) is 3.81. The standard InChI is InChI=1S/C12H13NO4/c1-3-16-11(15)12(2)10(14)13-8-6-4-5-7-9(8)17-12/h4-7H,3H2,1-2H3,(H,13,14)/t12-/m0/s1. The summed E-state index contributed by atoms with van der Waals surface area (Å²) in [6.07, 6.45) is 0. The van der Waals surface area contributed by atoms with Gasteiger partial charge in [0, 0.05) is 0 Å². The van der Waals surface area contributed by atoms with Crippen LogP contribution in [0.2, 0.25) is 0 Å². The summed E-state index contributed by atoms with van der Waals surface area (Å²) >= 11 is 0. The molecule has 1 amide bonds. The van der Waals surface area contributed by atoms with E-state index in [1.165, 1.54) is 6.92 Å². The minimum Gasteiger partial charge on any atom is -0.464 e. The van der Waals surface area contributed by atoms with Crippen molar-refractivity contribution >= 4 is 17.6 Å². The highest BCUT2D eigenvalue weighted by molar-refractivity contribution is 6.13. The first kappa shape index (κ1) is 11.4. The van der Waals surface area contributed by atoms with Gasteiger partial charge in [0.25, 0.3) is 11.5 Å². The lowest BCUT2D eigenvalue weighted by atomic mass is 10.0. The van der Waals surface area contributed by atoms with Crippen molar-refractivity contribution in [3.63, 3.8) is 0 Å². The smallest absolute Gasteiger partial charge is 0.360 e. The van der Waals surface area contributed by atoms with Crippen LogP contribution in [-0.2, 0) is 14.3 Å². The van der Waals surface area contributed by atoms with Gasteiger partial charge in [-0.25, -0.2) is 4.79 Å². The van der Waals surface area contributed by atoms with Gasteiger partial charge in [0.1, 0.15) is 5.75 Å². The predicted octanol–water partition coefficient (Wildman–Crippen LogP) is 1.34. The van der Waals surface area contributed by atoms with Gasteiger partial charge in [-0.2, -0.15) is 0 Å². The third-order valence-electron chi connectivity index (χ3n) is 2.55. The average Bonchev–Trinajstić information content (AvgIpc) is 2.31. The van der Waals surface area contributed by atoms with Gasteiger partial charge in [-0.3, -0.25) is 4.79 Å². The Morgan fingerprint density at radius 1 is 1.47 bits per heavy atom. The van der Waals surface area contributed by atoms with E-state index in [4.69, 9.17) is 9.47 Å². The topological polar surface area (TPSA) is 64.6 Å². The highest BCUT2D eigenvalue weighted by Gasteiger charge is 2.48. The number of ether oxygens (including phenoxy) is 2. The summed E-state index contributed by atoms with van der Waals surface area (Å²) in [6.45, 7) is 3.28. The first-order valence-corrected chi connectivity index (χ1v) is 5.34. The minimum atomic E-state index is -1.62. The lowest BCUT2D eigenvalue weighted by molar-refractivity contribution is -0.165. The van der Waals surface area contributed by atoms with Crippen molar-refractivity contribution < 1.29 is 19.1 Å². The Bertz CT molecular complexity index is 471. The van der Waals surface area contributed by atoms with Crippen molar-refractivity contribution in [3.8, 4) is 5.75 Å². The van der Waals surface area contributed by atoms with E-state index in [-0.39, 0.29) is 6.61 Å². The lowest BCUT2D eigenvalue weighted by Gasteiger charge is -2.32. The van der Waals surface area contributed by atoms with E-state index in [9.17, 15) is 9.59 Å². The molecule has 1 aromatic carbocycles. The SMILES string of the molecule is CCOC(=O)[C@@]1(C)Oc2ccccc2NC1=O. The molecule has 0 radical (unpaired) electrons. The zero-order valence-electron chi connectivity index (χ0n) is 9.65. The number of carbonyl (C=O) groups is 2. The van der Waals surface area contributed by atoms with E-state index in [0.717, 1.165) is 0 Å². The molecule has 1 heterocycles. The van der Waals surface area contributed by atoms with Crippen molar-refractivity contribution in [2.75, 3.05) is 11.9 Å². The van der Waals surface area contributed by atoms with Crippen LogP contribution >= 0.6 is 0 Å². The van der Waals surface area contributed by atoms with E-state index in [2.05, 4.69) is 5.32 Å². The van der Waals surface area contributed by atoms with Crippen LogP contribution in [-0.4, -0.2) is 24.1 Å². The number of esters is 1. The van der Waals surface area contributed by atoms with Crippen LogP contribution in [0.4, 0.5) is 5.69 Å². The summed E-state index contributed by atoms with van der Waals surface area (Å²) < 4.78 is 10.3. The summed E-state index contributed by atoms with van der Waals surface area (Å²) in [5.74, 6) is -0.746. The molecule has 90 valence electrons. The number of amides is 1. The summed E-state index contributed by atoms with van der Waals surface area (Å²) in [7, 11) is 0. The molecule has 2 rings (SSSR count). The number of para-hydroxylation sites is 2. The number of hydrogen-bond donors (Lipinski definition) is 1. The molecule has 0 saturated carbocycles. The van der Waals surface area contributed by atoms with E-state index in [1.807, 2.05) is 0 Å². The van der Waals surface area contributed by atoms with Gasteiger partial charge in [-0.05, 0) is 26.0 Å². The second-order valence-electron chi connectivity index (χ2n) is 3.81. The summed E-state index contributed by atoms with van der Waals surface area (Å²) in [5, 5.41) is 2.63. The van der Waals surface area contributed by atoms with Crippen LogP contribution in [0.25, 0.3) is 0 Å². The monoisotopic (exact) mass is 235 g/mol. The third kappa shape index (κ3) is 1.84. The molecule has 5 nitrogen and oxygen atoms in total. The molecule has 0 bridgehead atoms. The van der Waals surface area contributed by atoms with Crippen molar-refractivity contribution in [1.82, 2.24) is 0 Å². The Hall–Kier alpha value is -2.04. The fourth-order valence-electron chi connectivity index (χ4n) is 1.57. The molecule has 1 aromatic rings. The van der Waals surface area contributed by atoms with Gasteiger partial charge >= 0.3 is 5.97 Å². The average molecular weight is 235 g/mol. The second kappa shape index (κ2) is 4.08. The van der Waals surface area contributed by atoms with Gasteiger partial charge in [0.15, 0.2) is 0 Å². The van der Waals surface area contributed by atoms with Gasteiger partial charge in [-0.15, -0.1) is 0 Å². The van der Waals surface area contributed by atoms with Crippen molar-refractivity contribution in [1.29, 1.82) is 0 Å². The molecular weight excluding hydrogens is 222 g/mol. The van der Waals surface area contributed by atoms with Crippen LogP contribution < -0.4 is 10.1 Å². The molecule has 0 aromatic heterocycles. The molecule has 0 aliphatic carbocycles. The highest BCUT2D eigenvalue weighted by Crippen LogP contribution is 2.33. The predicted molar refractivity (Wildman–Crippen MR) is 60.7 cm³/mol. The van der Waals surface area contributed by atoms with E-state index >= 15 is 0 Å². The molecule has 1 aliphatic rings. The van der Waals surface area contributed by atoms with Crippen molar-refractivity contribution in [2.45, 2.75) is 19.4 Å². The Balaban J connectivity index is 2.34. The number of hydrogen-bond acceptors (Lipinski definition) is 4. The minimum absolute atomic E-state index is 0.201. The number of carbonyl (C=O) groups excluding carboxylic acids is 2. The van der Waals surface area contributed by atoms with E-state index in [1.54, 1.807) is 31.2 Å². The maximum absolute atomic E-state index is 11.9. The van der Waals surface area contributed by atoms with Crippen molar-refractivity contribution in [3.05, 3.63) is 24.3 Å². The number of nitrogens with one attached hydrogen (secondary N) is 1. The molecule has 5 heteroatoms. The summed E-state index contributed by atoms with van der Waals surface area (Å²) in [5.41, 5.74) is -1.07. The van der Waals surface area contributed by atoms with Crippen LogP contribution in [0.1, 0.15) is 13.8 Å². The molecule has 0 fully saturated rings. The molecular formula is C12H13NO4. The van der Waals surface area contributed by atoms with Gasteiger partial charge < -0.3 is 14.8 Å². The number of anilines is 1. The number of rotatable bonds is 2. The van der Waals surface area contributed by atoms with E-state index in [0.29, 0.717) is 11.4 Å². The summed E-state index contributed by atoms with van der Waals surface area (Å²) in [4.78, 5) is 23.6. The zero-order chi connectivity index (χ0) is 12.5. The van der Waals surface area contributed by atoms with Crippen LogP contribution in [0, 0.1) is 0 Å². The Labute approximate surface area is 98.7 Å². The van der Waals surface area contributed by atoms with Crippen LogP contribution in [0.5, 0.6) is 5.75 Å². The van der Waals surface area contributed by atoms with Crippen LogP contribution in [0.15, 0.2) is 24.3 Å². The van der Waals surface area contributed by atoms with Gasteiger partial charge in [0.2, 0.25) is 0 Å². The van der Waals surface area contributed by atoms with Gasteiger partial charge in [0.05, 0.1) is 12.3 Å². The fourth-order valence-corrected chi connectivity index (χ4v) is 1.57. The Morgan fingerprint density at radius 2 is 2.18 bits per heavy atom. The highest BCUT2D eigenvalue weighted by atomic mass is 16.6. The van der Waals surface area contributed by atoms with Gasteiger partial charge in [-0.1, -0.05) is 12.1 Å².